The van der Waals surface area contributed by atoms with Crippen LogP contribution in [0.3, 0.4) is 0 Å². The molecule has 0 saturated heterocycles. The van der Waals surface area contributed by atoms with Crippen LogP contribution in [0.1, 0.15) is 23.0 Å². The quantitative estimate of drug-likeness (QED) is 0.786. The standard InChI is InChI=1S/C20H21N3O3/c1-4-22(19(25)16-12-8-9-13-17(16)24)18-14(2)21(3)23(20(18)26)15-10-6-5-7-11-15/h5-13,24H,4H2,1-3H3. The first kappa shape index (κ1) is 17.5. The summed E-state index contributed by atoms with van der Waals surface area (Å²) in [5.41, 5.74) is 1.60. The van der Waals surface area contributed by atoms with E-state index in [-0.39, 0.29) is 16.9 Å². The first-order valence-corrected chi connectivity index (χ1v) is 8.41. The second-order valence-corrected chi connectivity index (χ2v) is 5.98. The van der Waals surface area contributed by atoms with Gasteiger partial charge in [0.05, 0.1) is 16.9 Å². The molecule has 0 bridgehead atoms. The molecule has 1 heterocycles. The van der Waals surface area contributed by atoms with Crippen molar-refractivity contribution in [3.63, 3.8) is 0 Å². The molecule has 1 N–H and O–H groups in total. The summed E-state index contributed by atoms with van der Waals surface area (Å²) in [6.45, 7) is 3.91. The Morgan fingerprint density at radius 2 is 1.69 bits per heavy atom. The van der Waals surface area contributed by atoms with Crippen molar-refractivity contribution in [3.8, 4) is 11.4 Å². The minimum atomic E-state index is -0.406. The van der Waals surface area contributed by atoms with Gasteiger partial charge in [0.25, 0.3) is 11.5 Å². The van der Waals surface area contributed by atoms with Crippen LogP contribution in [0.4, 0.5) is 5.69 Å². The Morgan fingerprint density at radius 1 is 1.08 bits per heavy atom. The van der Waals surface area contributed by atoms with Gasteiger partial charge in [0.1, 0.15) is 11.4 Å². The largest absolute Gasteiger partial charge is 0.507 e. The van der Waals surface area contributed by atoms with Gasteiger partial charge < -0.3 is 10.0 Å². The van der Waals surface area contributed by atoms with Crippen LogP contribution in [0.25, 0.3) is 5.69 Å². The predicted octanol–water partition coefficient (Wildman–Crippen LogP) is 2.86. The first-order valence-electron chi connectivity index (χ1n) is 8.41. The Balaban J connectivity index is 2.15. The number of rotatable bonds is 4. The van der Waals surface area contributed by atoms with Crippen LogP contribution in [0.15, 0.2) is 59.4 Å². The number of nitrogens with zero attached hydrogens (tertiary/aromatic N) is 3. The molecule has 6 heteroatoms. The summed E-state index contributed by atoms with van der Waals surface area (Å²) in [4.78, 5) is 27.5. The molecule has 1 amide bonds. The monoisotopic (exact) mass is 351 g/mol. The lowest BCUT2D eigenvalue weighted by Gasteiger charge is -2.20. The van der Waals surface area contributed by atoms with Crippen molar-refractivity contribution in [1.29, 1.82) is 0 Å². The van der Waals surface area contributed by atoms with E-state index in [1.54, 1.807) is 43.8 Å². The van der Waals surface area contributed by atoms with Crippen molar-refractivity contribution in [2.24, 2.45) is 7.05 Å². The van der Waals surface area contributed by atoms with Gasteiger partial charge in [-0.25, -0.2) is 4.68 Å². The minimum absolute atomic E-state index is 0.104. The summed E-state index contributed by atoms with van der Waals surface area (Å²) in [5, 5.41) is 10.0. The highest BCUT2D eigenvalue weighted by Gasteiger charge is 2.27. The smallest absolute Gasteiger partial charge is 0.295 e. The van der Waals surface area contributed by atoms with E-state index in [0.717, 1.165) is 5.69 Å². The molecule has 0 atom stereocenters. The highest BCUT2D eigenvalue weighted by Crippen LogP contribution is 2.23. The molecule has 0 aliphatic rings. The number of hydrogen-bond acceptors (Lipinski definition) is 3. The maximum absolute atomic E-state index is 13.1. The van der Waals surface area contributed by atoms with Gasteiger partial charge in [-0.15, -0.1) is 0 Å². The molecule has 3 aromatic rings. The first-order chi connectivity index (χ1) is 12.5. The number of phenolic OH excluding ortho intramolecular Hbond substituents is 1. The van der Waals surface area contributed by atoms with Crippen molar-refractivity contribution in [1.82, 2.24) is 9.36 Å². The molecule has 6 nitrogen and oxygen atoms in total. The number of carbonyl (C=O) groups excluding carboxylic acids is 1. The number of aromatic hydroxyl groups is 1. The lowest BCUT2D eigenvalue weighted by atomic mass is 10.1. The lowest BCUT2D eigenvalue weighted by Crippen LogP contribution is -2.35. The van der Waals surface area contributed by atoms with Crippen LogP contribution in [0, 0.1) is 6.92 Å². The zero-order valence-corrected chi connectivity index (χ0v) is 15.0. The lowest BCUT2D eigenvalue weighted by molar-refractivity contribution is 0.0985. The second kappa shape index (κ2) is 6.92. The topological polar surface area (TPSA) is 67.5 Å². The molecule has 26 heavy (non-hydrogen) atoms. The van der Waals surface area contributed by atoms with E-state index in [2.05, 4.69) is 0 Å². The van der Waals surface area contributed by atoms with Crippen molar-refractivity contribution < 1.29 is 9.90 Å². The minimum Gasteiger partial charge on any atom is -0.507 e. The molecular formula is C20H21N3O3. The molecule has 0 spiro atoms. The predicted molar refractivity (Wildman–Crippen MR) is 101 cm³/mol. The highest BCUT2D eigenvalue weighted by molar-refractivity contribution is 6.08. The van der Waals surface area contributed by atoms with Gasteiger partial charge >= 0.3 is 0 Å². The number of carbonyl (C=O) groups is 1. The van der Waals surface area contributed by atoms with E-state index in [0.29, 0.717) is 17.9 Å². The van der Waals surface area contributed by atoms with Crippen molar-refractivity contribution in [2.45, 2.75) is 13.8 Å². The summed E-state index contributed by atoms with van der Waals surface area (Å²) < 4.78 is 3.26. The third kappa shape index (κ3) is 2.79. The number of phenols is 1. The fourth-order valence-electron chi connectivity index (χ4n) is 3.07. The average Bonchev–Trinajstić information content (AvgIpc) is 2.87. The van der Waals surface area contributed by atoms with Gasteiger partial charge in [-0.1, -0.05) is 30.3 Å². The van der Waals surface area contributed by atoms with Crippen LogP contribution in [-0.4, -0.2) is 26.9 Å². The molecule has 0 fully saturated rings. The third-order valence-corrected chi connectivity index (χ3v) is 4.49. The highest BCUT2D eigenvalue weighted by atomic mass is 16.3. The van der Waals surface area contributed by atoms with Crippen molar-refractivity contribution >= 4 is 11.6 Å². The normalized spacial score (nSPS) is 10.7. The average molecular weight is 351 g/mol. The summed E-state index contributed by atoms with van der Waals surface area (Å²) in [7, 11) is 1.78. The molecular weight excluding hydrogens is 330 g/mol. The fraction of sp³-hybridized carbons (Fsp3) is 0.200. The van der Waals surface area contributed by atoms with Crippen molar-refractivity contribution in [2.75, 3.05) is 11.4 Å². The van der Waals surface area contributed by atoms with Crippen LogP contribution in [0.2, 0.25) is 0 Å². The summed E-state index contributed by atoms with van der Waals surface area (Å²) in [6, 6.07) is 15.6. The van der Waals surface area contributed by atoms with Gasteiger partial charge in [0, 0.05) is 13.6 Å². The van der Waals surface area contributed by atoms with Gasteiger partial charge in [0.15, 0.2) is 0 Å². The molecule has 0 radical (unpaired) electrons. The van der Waals surface area contributed by atoms with E-state index in [1.165, 1.54) is 15.6 Å². The van der Waals surface area contributed by atoms with E-state index >= 15 is 0 Å². The van der Waals surface area contributed by atoms with Crippen molar-refractivity contribution in [3.05, 3.63) is 76.2 Å². The maximum Gasteiger partial charge on any atom is 0.295 e. The molecule has 3 rings (SSSR count). The van der Waals surface area contributed by atoms with Gasteiger partial charge in [-0.2, -0.15) is 0 Å². The fourth-order valence-corrected chi connectivity index (χ4v) is 3.07. The van der Waals surface area contributed by atoms with Crippen LogP contribution in [0.5, 0.6) is 5.75 Å². The Bertz CT molecular complexity index is 1000. The number of para-hydroxylation sites is 2. The number of amides is 1. The zero-order valence-electron chi connectivity index (χ0n) is 15.0. The number of anilines is 1. The van der Waals surface area contributed by atoms with Gasteiger partial charge in [0.2, 0.25) is 0 Å². The maximum atomic E-state index is 13.1. The van der Waals surface area contributed by atoms with Crippen LogP contribution < -0.4 is 10.5 Å². The van der Waals surface area contributed by atoms with Gasteiger partial charge in [-0.05, 0) is 38.1 Å². The summed E-state index contributed by atoms with van der Waals surface area (Å²) >= 11 is 0. The zero-order chi connectivity index (χ0) is 18.8. The Morgan fingerprint density at radius 3 is 2.31 bits per heavy atom. The summed E-state index contributed by atoms with van der Waals surface area (Å²) in [6.07, 6.45) is 0. The van der Waals surface area contributed by atoms with E-state index < -0.39 is 5.91 Å². The van der Waals surface area contributed by atoms with E-state index in [4.69, 9.17) is 0 Å². The second-order valence-electron chi connectivity index (χ2n) is 5.98. The molecule has 1 aromatic heterocycles. The Kier molecular flexibility index (Phi) is 4.67. The van der Waals surface area contributed by atoms with E-state index in [1.807, 2.05) is 30.3 Å². The van der Waals surface area contributed by atoms with Gasteiger partial charge in [-0.3, -0.25) is 14.3 Å². The molecule has 0 unspecified atom stereocenters. The number of aromatic nitrogens is 2. The SMILES string of the molecule is CCN(C(=O)c1ccccc1O)c1c(C)n(C)n(-c2ccccc2)c1=O. The number of benzene rings is 2. The Labute approximate surface area is 151 Å². The Hall–Kier alpha value is -3.28. The molecule has 0 aliphatic heterocycles. The summed E-state index contributed by atoms with van der Waals surface area (Å²) in [5.74, 6) is -0.510. The van der Waals surface area contributed by atoms with Crippen LogP contribution >= 0.6 is 0 Å². The molecule has 0 aliphatic carbocycles. The van der Waals surface area contributed by atoms with Crippen LogP contribution in [-0.2, 0) is 7.05 Å². The van der Waals surface area contributed by atoms with E-state index in [9.17, 15) is 14.7 Å². The molecule has 2 aromatic carbocycles. The molecule has 134 valence electrons. The number of hydrogen-bond donors (Lipinski definition) is 1. The third-order valence-electron chi connectivity index (χ3n) is 4.49. The molecule has 0 saturated carbocycles.